The van der Waals surface area contributed by atoms with E-state index < -0.39 is 0 Å². The Labute approximate surface area is 120 Å². The lowest BCUT2D eigenvalue weighted by Crippen LogP contribution is -2.01. The van der Waals surface area contributed by atoms with E-state index in [1.165, 1.54) is 6.07 Å². The zero-order valence-corrected chi connectivity index (χ0v) is 11.6. The fraction of sp³-hybridized carbons (Fsp3) is 0.0625. The SMILES string of the molecule is Cc1cc2oc(-c3cccc(N)c3)cc(=O)c2cc1Cl. The van der Waals surface area contributed by atoms with Crippen LogP contribution in [-0.2, 0) is 0 Å². The number of halogens is 1. The van der Waals surface area contributed by atoms with Crippen LogP contribution in [0.25, 0.3) is 22.3 Å². The van der Waals surface area contributed by atoms with E-state index in [9.17, 15) is 4.79 Å². The molecule has 0 aliphatic rings. The lowest BCUT2D eigenvalue weighted by molar-refractivity contribution is 0.618. The second kappa shape index (κ2) is 4.69. The van der Waals surface area contributed by atoms with Crippen LogP contribution in [0.2, 0.25) is 5.02 Å². The minimum atomic E-state index is -0.120. The van der Waals surface area contributed by atoms with E-state index in [1.807, 2.05) is 19.1 Å². The molecule has 0 saturated heterocycles. The molecule has 0 spiro atoms. The summed E-state index contributed by atoms with van der Waals surface area (Å²) in [5.74, 6) is 0.497. The third-order valence-electron chi connectivity index (χ3n) is 3.18. The van der Waals surface area contributed by atoms with E-state index >= 15 is 0 Å². The van der Waals surface area contributed by atoms with Gasteiger partial charge in [-0.05, 0) is 36.8 Å². The maximum atomic E-state index is 12.2. The number of rotatable bonds is 1. The van der Waals surface area contributed by atoms with Crippen molar-refractivity contribution in [3.8, 4) is 11.3 Å². The minimum Gasteiger partial charge on any atom is -0.456 e. The average Bonchev–Trinajstić information content (AvgIpc) is 2.41. The summed E-state index contributed by atoms with van der Waals surface area (Å²) in [4.78, 5) is 12.2. The number of nitrogen functional groups attached to an aromatic ring is 1. The van der Waals surface area contributed by atoms with Gasteiger partial charge in [-0.25, -0.2) is 0 Å². The van der Waals surface area contributed by atoms with E-state index in [1.54, 1.807) is 24.3 Å². The van der Waals surface area contributed by atoms with Crippen LogP contribution in [0.5, 0.6) is 0 Å². The highest BCUT2D eigenvalue weighted by atomic mass is 35.5. The number of aryl methyl sites for hydroxylation is 1. The van der Waals surface area contributed by atoms with Gasteiger partial charge in [-0.3, -0.25) is 4.79 Å². The van der Waals surface area contributed by atoms with Crippen molar-refractivity contribution in [3.05, 3.63) is 63.3 Å². The van der Waals surface area contributed by atoms with Crippen LogP contribution >= 0.6 is 11.6 Å². The number of nitrogens with two attached hydrogens (primary N) is 1. The first-order chi connectivity index (χ1) is 9.54. The molecule has 1 aromatic heterocycles. The maximum Gasteiger partial charge on any atom is 0.193 e. The first-order valence-electron chi connectivity index (χ1n) is 6.14. The van der Waals surface area contributed by atoms with Crippen LogP contribution in [0.3, 0.4) is 0 Å². The monoisotopic (exact) mass is 285 g/mol. The normalized spacial score (nSPS) is 10.9. The number of fused-ring (bicyclic) bond motifs is 1. The molecule has 3 rings (SSSR count). The molecule has 100 valence electrons. The molecule has 0 amide bonds. The second-order valence-electron chi connectivity index (χ2n) is 4.70. The topological polar surface area (TPSA) is 56.2 Å². The quantitative estimate of drug-likeness (QED) is 0.687. The Kier molecular flexibility index (Phi) is 2.99. The molecule has 0 aliphatic heterocycles. The van der Waals surface area contributed by atoms with Crippen molar-refractivity contribution in [1.82, 2.24) is 0 Å². The van der Waals surface area contributed by atoms with Crippen LogP contribution in [0.4, 0.5) is 5.69 Å². The Morgan fingerprint density at radius 1 is 1.15 bits per heavy atom. The summed E-state index contributed by atoms with van der Waals surface area (Å²) in [6.07, 6.45) is 0. The molecular weight excluding hydrogens is 274 g/mol. The fourth-order valence-corrected chi connectivity index (χ4v) is 2.27. The lowest BCUT2D eigenvalue weighted by Gasteiger charge is -2.05. The summed E-state index contributed by atoms with van der Waals surface area (Å²) in [7, 11) is 0. The van der Waals surface area contributed by atoms with E-state index in [2.05, 4.69) is 0 Å². The molecule has 20 heavy (non-hydrogen) atoms. The van der Waals surface area contributed by atoms with Crippen molar-refractivity contribution in [3.63, 3.8) is 0 Å². The molecule has 3 nitrogen and oxygen atoms in total. The zero-order valence-electron chi connectivity index (χ0n) is 10.8. The van der Waals surface area contributed by atoms with Gasteiger partial charge in [0.15, 0.2) is 5.43 Å². The smallest absolute Gasteiger partial charge is 0.193 e. The van der Waals surface area contributed by atoms with Gasteiger partial charge in [0.2, 0.25) is 0 Å². The largest absolute Gasteiger partial charge is 0.456 e. The zero-order chi connectivity index (χ0) is 14.3. The fourth-order valence-electron chi connectivity index (χ4n) is 2.11. The Hall–Kier alpha value is -2.26. The molecule has 4 heteroatoms. The van der Waals surface area contributed by atoms with Gasteiger partial charge >= 0.3 is 0 Å². The molecule has 2 N–H and O–H groups in total. The van der Waals surface area contributed by atoms with Crippen LogP contribution in [0, 0.1) is 6.92 Å². The van der Waals surface area contributed by atoms with Gasteiger partial charge in [-0.15, -0.1) is 0 Å². The van der Waals surface area contributed by atoms with E-state index in [0.717, 1.165) is 11.1 Å². The first-order valence-corrected chi connectivity index (χ1v) is 6.52. The molecule has 0 saturated carbocycles. The number of benzene rings is 2. The third-order valence-corrected chi connectivity index (χ3v) is 3.59. The van der Waals surface area contributed by atoms with E-state index in [0.29, 0.717) is 27.4 Å². The summed E-state index contributed by atoms with van der Waals surface area (Å²) >= 11 is 6.04. The highest BCUT2D eigenvalue weighted by Crippen LogP contribution is 2.26. The molecule has 3 aromatic rings. The standard InChI is InChI=1S/C16H12ClNO2/c1-9-5-16-12(7-13(9)17)14(19)8-15(20-16)10-3-2-4-11(18)6-10/h2-8H,18H2,1H3. The van der Waals surface area contributed by atoms with Crippen molar-refractivity contribution >= 4 is 28.3 Å². The molecule has 0 aliphatic carbocycles. The predicted octanol–water partition coefficient (Wildman–Crippen LogP) is 4.00. The Morgan fingerprint density at radius 3 is 2.70 bits per heavy atom. The minimum absolute atomic E-state index is 0.120. The highest BCUT2D eigenvalue weighted by Gasteiger charge is 2.09. The summed E-state index contributed by atoms with van der Waals surface area (Å²) in [5.41, 5.74) is 8.42. The molecule has 0 radical (unpaired) electrons. The van der Waals surface area contributed by atoms with Crippen LogP contribution < -0.4 is 11.2 Å². The second-order valence-corrected chi connectivity index (χ2v) is 5.11. The first kappa shape index (κ1) is 12.8. The van der Waals surface area contributed by atoms with Crippen molar-refractivity contribution in [2.75, 3.05) is 5.73 Å². The third kappa shape index (κ3) is 2.17. The number of anilines is 1. The lowest BCUT2D eigenvalue weighted by atomic mass is 10.1. The Balaban J connectivity index is 2.29. The summed E-state index contributed by atoms with van der Waals surface area (Å²) in [6.45, 7) is 1.87. The van der Waals surface area contributed by atoms with Gasteiger partial charge in [-0.1, -0.05) is 23.7 Å². The summed E-state index contributed by atoms with van der Waals surface area (Å²) in [5, 5.41) is 1.04. The van der Waals surface area contributed by atoms with Crippen LogP contribution in [0.15, 0.2) is 51.7 Å². The van der Waals surface area contributed by atoms with Gasteiger partial charge in [0, 0.05) is 22.3 Å². The number of hydrogen-bond acceptors (Lipinski definition) is 3. The number of hydrogen-bond donors (Lipinski definition) is 1. The molecule has 0 unspecified atom stereocenters. The van der Waals surface area contributed by atoms with Crippen molar-refractivity contribution < 1.29 is 4.42 Å². The molecular formula is C16H12ClNO2. The molecule has 2 aromatic carbocycles. The predicted molar refractivity (Wildman–Crippen MR) is 82.1 cm³/mol. The molecule has 0 atom stereocenters. The summed E-state index contributed by atoms with van der Waals surface area (Å²) in [6, 6.07) is 12.1. The van der Waals surface area contributed by atoms with E-state index in [-0.39, 0.29) is 5.43 Å². The maximum absolute atomic E-state index is 12.2. The Morgan fingerprint density at radius 2 is 1.95 bits per heavy atom. The molecule has 0 fully saturated rings. The summed E-state index contributed by atoms with van der Waals surface area (Å²) < 4.78 is 5.81. The van der Waals surface area contributed by atoms with Crippen molar-refractivity contribution in [2.45, 2.75) is 6.92 Å². The average molecular weight is 286 g/mol. The van der Waals surface area contributed by atoms with Crippen LogP contribution in [0.1, 0.15) is 5.56 Å². The van der Waals surface area contributed by atoms with E-state index in [4.69, 9.17) is 21.8 Å². The molecule has 1 heterocycles. The Bertz CT molecular complexity index is 868. The molecule has 0 bridgehead atoms. The highest BCUT2D eigenvalue weighted by molar-refractivity contribution is 6.32. The van der Waals surface area contributed by atoms with Crippen molar-refractivity contribution in [1.29, 1.82) is 0 Å². The van der Waals surface area contributed by atoms with Crippen LogP contribution in [-0.4, -0.2) is 0 Å². The van der Waals surface area contributed by atoms with Gasteiger partial charge in [0.05, 0.1) is 5.39 Å². The van der Waals surface area contributed by atoms with Gasteiger partial charge in [0.1, 0.15) is 11.3 Å². The van der Waals surface area contributed by atoms with Crippen molar-refractivity contribution in [2.24, 2.45) is 0 Å². The van der Waals surface area contributed by atoms with Gasteiger partial charge < -0.3 is 10.2 Å². The van der Waals surface area contributed by atoms with Gasteiger partial charge in [-0.2, -0.15) is 0 Å². The van der Waals surface area contributed by atoms with Gasteiger partial charge in [0.25, 0.3) is 0 Å².